The SMILES string of the molecule is C[C@H](OC(=O)Cn1c(=O)oc2ccccc21)C(=O)N[C@@H](C)CCc1ccccc1. The van der Waals surface area contributed by atoms with E-state index >= 15 is 0 Å². The molecule has 1 aromatic heterocycles. The van der Waals surface area contributed by atoms with Gasteiger partial charge in [0.2, 0.25) is 0 Å². The molecule has 0 unspecified atom stereocenters. The monoisotopic (exact) mass is 396 g/mol. The number of aryl methyl sites for hydroxylation is 1. The lowest BCUT2D eigenvalue weighted by atomic mass is 10.1. The number of carbonyl (C=O) groups excluding carboxylic acids is 2. The van der Waals surface area contributed by atoms with Gasteiger partial charge in [0.1, 0.15) is 6.54 Å². The lowest BCUT2D eigenvalue weighted by molar-refractivity contribution is -0.155. The quantitative estimate of drug-likeness (QED) is 0.591. The number of carbonyl (C=O) groups is 2. The molecule has 2 aromatic carbocycles. The van der Waals surface area contributed by atoms with E-state index in [1.807, 2.05) is 37.3 Å². The van der Waals surface area contributed by atoms with Crippen LogP contribution < -0.4 is 11.1 Å². The van der Waals surface area contributed by atoms with Crippen LogP contribution in [0.3, 0.4) is 0 Å². The summed E-state index contributed by atoms with van der Waals surface area (Å²) < 4.78 is 11.5. The molecule has 152 valence electrons. The molecule has 0 aliphatic heterocycles. The molecule has 0 fully saturated rings. The predicted molar refractivity (Wildman–Crippen MR) is 108 cm³/mol. The summed E-state index contributed by atoms with van der Waals surface area (Å²) in [5.74, 6) is -1.70. The predicted octanol–water partition coefficient (Wildman–Crippen LogP) is 2.66. The maximum atomic E-state index is 12.3. The average molecular weight is 396 g/mol. The summed E-state index contributed by atoms with van der Waals surface area (Å²) in [5.41, 5.74) is 2.09. The summed E-state index contributed by atoms with van der Waals surface area (Å²) in [6.45, 7) is 3.09. The molecule has 0 aliphatic rings. The highest BCUT2D eigenvalue weighted by atomic mass is 16.5. The molecule has 7 nitrogen and oxygen atoms in total. The zero-order valence-electron chi connectivity index (χ0n) is 16.5. The van der Waals surface area contributed by atoms with Crippen LogP contribution in [-0.4, -0.2) is 28.6 Å². The Balaban J connectivity index is 1.50. The van der Waals surface area contributed by atoms with Gasteiger partial charge in [0.25, 0.3) is 5.91 Å². The summed E-state index contributed by atoms with van der Waals surface area (Å²) in [6.07, 6.45) is 0.648. The van der Waals surface area contributed by atoms with Crippen molar-refractivity contribution >= 4 is 23.0 Å². The molecular weight excluding hydrogens is 372 g/mol. The number of esters is 1. The number of ether oxygens (including phenoxy) is 1. The smallest absolute Gasteiger partial charge is 0.420 e. The number of hydrogen-bond donors (Lipinski definition) is 1. The highest BCUT2D eigenvalue weighted by Crippen LogP contribution is 2.12. The second kappa shape index (κ2) is 9.23. The number of fused-ring (bicyclic) bond motifs is 1. The molecule has 3 rings (SSSR count). The molecule has 0 saturated carbocycles. The van der Waals surface area contributed by atoms with Gasteiger partial charge in [0, 0.05) is 6.04 Å². The fourth-order valence-corrected chi connectivity index (χ4v) is 3.04. The van der Waals surface area contributed by atoms with Gasteiger partial charge in [-0.25, -0.2) is 4.79 Å². The summed E-state index contributed by atoms with van der Waals surface area (Å²) in [7, 11) is 0. The molecule has 0 aliphatic carbocycles. The maximum Gasteiger partial charge on any atom is 0.420 e. The number of aromatic nitrogens is 1. The van der Waals surface area contributed by atoms with E-state index in [1.54, 1.807) is 24.3 Å². The van der Waals surface area contributed by atoms with Crippen LogP contribution in [0.2, 0.25) is 0 Å². The minimum atomic E-state index is -0.962. The first kappa shape index (κ1) is 20.4. The third-order valence-corrected chi connectivity index (χ3v) is 4.64. The van der Waals surface area contributed by atoms with Crippen molar-refractivity contribution in [2.75, 3.05) is 0 Å². The van der Waals surface area contributed by atoms with Crippen LogP contribution in [0, 0.1) is 0 Å². The van der Waals surface area contributed by atoms with E-state index in [4.69, 9.17) is 9.15 Å². The maximum absolute atomic E-state index is 12.3. The largest absolute Gasteiger partial charge is 0.451 e. The van der Waals surface area contributed by atoms with Gasteiger partial charge in [-0.15, -0.1) is 0 Å². The average Bonchev–Trinajstić information content (AvgIpc) is 3.02. The highest BCUT2D eigenvalue weighted by molar-refractivity contribution is 5.84. The first-order chi connectivity index (χ1) is 13.9. The lowest BCUT2D eigenvalue weighted by Crippen LogP contribution is -2.41. The van der Waals surface area contributed by atoms with Crippen LogP contribution in [0.4, 0.5) is 0 Å². The van der Waals surface area contributed by atoms with Crippen molar-refractivity contribution in [3.63, 3.8) is 0 Å². The topological polar surface area (TPSA) is 90.5 Å². The third-order valence-electron chi connectivity index (χ3n) is 4.64. The molecule has 0 saturated heterocycles. The number of amides is 1. The van der Waals surface area contributed by atoms with E-state index in [-0.39, 0.29) is 18.5 Å². The van der Waals surface area contributed by atoms with E-state index < -0.39 is 17.8 Å². The Morgan fingerprint density at radius 1 is 1.07 bits per heavy atom. The molecule has 0 spiro atoms. The highest BCUT2D eigenvalue weighted by Gasteiger charge is 2.21. The Morgan fingerprint density at radius 3 is 2.52 bits per heavy atom. The van der Waals surface area contributed by atoms with E-state index in [0.717, 1.165) is 12.8 Å². The van der Waals surface area contributed by atoms with E-state index in [0.29, 0.717) is 11.1 Å². The molecule has 0 bridgehead atoms. The van der Waals surface area contributed by atoms with Gasteiger partial charge in [0.05, 0.1) is 5.52 Å². The Bertz CT molecular complexity index is 1040. The molecular formula is C22H24N2O5. The van der Waals surface area contributed by atoms with Gasteiger partial charge in [-0.05, 0) is 44.4 Å². The third kappa shape index (κ3) is 5.34. The number of benzene rings is 2. The second-order valence-corrected chi connectivity index (χ2v) is 6.99. The zero-order valence-corrected chi connectivity index (χ0v) is 16.5. The van der Waals surface area contributed by atoms with Crippen LogP contribution in [-0.2, 0) is 27.3 Å². The number of nitrogens with zero attached hydrogens (tertiary/aromatic N) is 1. The summed E-state index contributed by atoms with van der Waals surface area (Å²) >= 11 is 0. The standard InChI is InChI=1S/C22H24N2O5/c1-15(12-13-17-8-4-3-5-9-17)23-21(26)16(2)28-20(25)14-24-18-10-6-7-11-19(18)29-22(24)27/h3-11,15-16H,12-14H2,1-2H3,(H,23,26)/t15-,16-/m0/s1. The molecule has 29 heavy (non-hydrogen) atoms. The minimum Gasteiger partial charge on any atom is -0.451 e. The van der Waals surface area contributed by atoms with Crippen LogP contribution >= 0.6 is 0 Å². The fourth-order valence-electron chi connectivity index (χ4n) is 3.04. The van der Waals surface area contributed by atoms with Crippen molar-refractivity contribution < 1.29 is 18.7 Å². The number of hydrogen-bond acceptors (Lipinski definition) is 5. The van der Waals surface area contributed by atoms with Gasteiger partial charge in [-0.1, -0.05) is 42.5 Å². The van der Waals surface area contributed by atoms with Crippen molar-refractivity contribution in [1.82, 2.24) is 9.88 Å². The van der Waals surface area contributed by atoms with Crippen molar-refractivity contribution in [2.24, 2.45) is 0 Å². The normalized spacial score (nSPS) is 13.0. The van der Waals surface area contributed by atoms with Crippen LogP contribution in [0.5, 0.6) is 0 Å². The summed E-state index contributed by atoms with van der Waals surface area (Å²) in [6, 6.07) is 16.7. The molecule has 1 heterocycles. The Hall–Kier alpha value is -3.35. The van der Waals surface area contributed by atoms with Crippen molar-refractivity contribution in [3.05, 3.63) is 70.7 Å². The Kier molecular flexibility index (Phi) is 6.49. The van der Waals surface area contributed by atoms with Crippen molar-refractivity contribution in [1.29, 1.82) is 0 Å². The molecule has 7 heteroatoms. The number of nitrogens with one attached hydrogen (secondary N) is 1. The van der Waals surface area contributed by atoms with Gasteiger partial charge in [-0.2, -0.15) is 0 Å². The van der Waals surface area contributed by atoms with Crippen LogP contribution in [0.25, 0.3) is 11.1 Å². The first-order valence-electron chi connectivity index (χ1n) is 9.56. The number of oxazole rings is 1. The zero-order chi connectivity index (χ0) is 20.8. The van der Waals surface area contributed by atoms with Gasteiger partial charge in [-0.3, -0.25) is 14.2 Å². The summed E-state index contributed by atoms with van der Waals surface area (Å²) in [5, 5.41) is 2.85. The second-order valence-electron chi connectivity index (χ2n) is 6.99. The lowest BCUT2D eigenvalue weighted by Gasteiger charge is -2.18. The number of rotatable bonds is 8. The summed E-state index contributed by atoms with van der Waals surface area (Å²) in [4.78, 5) is 36.5. The van der Waals surface area contributed by atoms with E-state index in [2.05, 4.69) is 5.32 Å². The molecule has 3 aromatic rings. The molecule has 0 radical (unpaired) electrons. The Morgan fingerprint density at radius 2 is 1.76 bits per heavy atom. The van der Waals surface area contributed by atoms with Crippen molar-refractivity contribution in [2.45, 2.75) is 45.4 Å². The molecule has 1 N–H and O–H groups in total. The van der Waals surface area contributed by atoms with Gasteiger partial charge < -0.3 is 14.5 Å². The molecule has 1 amide bonds. The molecule has 2 atom stereocenters. The fraction of sp³-hybridized carbons (Fsp3) is 0.318. The van der Waals surface area contributed by atoms with Crippen LogP contribution in [0.1, 0.15) is 25.8 Å². The van der Waals surface area contributed by atoms with E-state index in [1.165, 1.54) is 17.1 Å². The van der Waals surface area contributed by atoms with Gasteiger partial charge in [0.15, 0.2) is 11.7 Å². The Labute approximate surface area is 168 Å². The number of para-hydroxylation sites is 2. The minimum absolute atomic E-state index is 0.0655. The van der Waals surface area contributed by atoms with Gasteiger partial charge >= 0.3 is 11.7 Å². The van der Waals surface area contributed by atoms with E-state index in [9.17, 15) is 14.4 Å². The van der Waals surface area contributed by atoms with Crippen molar-refractivity contribution in [3.8, 4) is 0 Å². The first-order valence-corrected chi connectivity index (χ1v) is 9.56. The van der Waals surface area contributed by atoms with Crippen LogP contribution in [0.15, 0.2) is 63.8 Å².